The van der Waals surface area contributed by atoms with Crippen LogP contribution in [0, 0.1) is 5.92 Å². The average molecular weight is 518 g/mol. The molecule has 1 atom stereocenters. The van der Waals surface area contributed by atoms with Crippen LogP contribution in [-0.2, 0) is 20.1 Å². The van der Waals surface area contributed by atoms with Gasteiger partial charge in [0.1, 0.15) is 0 Å². The molecule has 192 valence electrons. The van der Waals surface area contributed by atoms with E-state index in [0.717, 1.165) is 41.9 Å². The van der Waals surface area contributed by atoms with E-state index in [0.29, 0.717) is 18.9 Å². The predicted molar refractivity (Wildman–Crippen MR) is 143 cm³/mol. The Balaban J connectivity index is 1.37. The highest BCUT2D eigenvalue weighted by atomic mass is 32.2. The molecule has 37 heavy (non-hydrogen) atoms. The molecule has 5 rings (SSSR count). The van der Waals surface area contributed by atoms with E-state index in [9.17, 15) is 19.5 Å². The second-order valence-electron chi connectivity index (χ2n) is 9.83. The molecule has 3 N–H and O–H groups in total. The number of ketones is 1. The summed E-state index contributed by atoms with van der Waals surface area (Å²) in [7, 11) is 0. The number of thioether (sulfide) groups is 1. The van der Waals surface area contributed by atoms with Gasteiger partial charge in [0.2, 0.25) is 11.7 Å². The van der Waals surface area contributed by atoms with Crippen molar-refractivity contribution in [2.45, 2.75) is 54.5 Å². The Morgan fingerprint density at radius 1 is 1.05 bits per heavy atom. The summed E-state index contributed by atoms with van der Waals surface area (Å²) >= 11 is 1.79. The predicted octanol–water partition coefficient (Wildman–Crippen LogP) is 4.01. The molecule has 8 heteroatoms. The van der Waals surface area contributed by atoms with Crippen LogP contribution in [-0.4, -0.2) is 46.4 Å². The second-order valence-corrected chi connectivity index (χ2v) is 10.8. The van der Waals surface area contributed by atoms with Crippen LogP contribution in [0.2, 0.25) is 0 Å². The minimum atomic E-state index is -0.708. The molecule has 1 aliphatic heterocycles. The van der Waals surface area contributed by atoms with Crippen LogP contribution in [0.25, 0.3) is 0 Å². The fraction of sp³-hybridized carbons (Fsp3) is 0.345. The lowest BCUT2D eigenvalue weighted by atomic mass is 9.78. The van der Waals surface area contributed by atoms with Crippen LogP contribution in [0.15, 0.2) is 77.9 Å². The largest absolute Gasteiger partial charge is 0.504 e. The van der Waals surface area contributed by atoms with Crippen LogP contribution in [0.1, 0.15) is 48.4 Å². The molecule has 2 aromatic carbocycles. The third-order valence-electron chi connectivity index (χ3n) is 7.27. The molecule has 0 unspecified atom stereocenters. The molecule has 2 aromatic rings. The zero-order valence-corrected chi connectivity index (χ0v) is 21.4. The molecular formula is C29H31N3O4S. The number of aliphatic hydroxyl groups excluding tert-OH is 1. The molecule has 1 heterocycles. The molecule has 0 spiro atoms. The molecule has 2 saturated carbocycles. The van der Waals surface area contributed by atoms with Crippen molar-refractivity contribution in [1.82, 2.24) is 15.5 Å². The number of hydrogen-bond donors (Lipinski definition) is 3. The summed E-state index contributed by atoms with van der Waals surface area (Å²) in [6.07, 6.45) is 5.07. The van der Waals surface area contributed by atoms with E-state index in [4.69, 9.17) is 0 Å². The highest BCUT2D eigenvalue weighted by molar-refractivity contribution is 7.98. The van der Waals surface area contributed by atoms with Gasteiger partial charge in [-0.3, -0.25) is 19.7 Å². The van der Waals surface area contributed by atoms with E-state index >= 15 is 0 Å². The lowest BCUT2D eigenvalue weighted by molar-refractivity contribution is -0.138. The van der Waals surface area contributed by atoms with Gasteiger partial charge in [-0.15, -0.1) is 11.8 Å². The fourth-order valence-corrected chi connectivity index (χ4v) is 6.00. The van der Waals surface area contributed by atoms with Gasteiger partial charge in [0, 0.05) is 34.7 Å². The third kappa shape index (κ3) is 5.65. The normalized spacial score (nSPS) is 22.5. The summed E-state index contributed by atoms with van der Waals surface area (Å²) in [5.74, 6) is -1.06. The number of carbonyl (C=O) groups is 3. The number of benzene rings is 2. The summed E-state index contributed by atoms with van der Waals surface area (Å²) < 4.78 is 0. The van der Waals surface area contributed by atoms with Gasteiger partial charge >= 0.3 is 0 Å². The number of nitrogens with zero attached hydrogens (tertiary/aromatic N) is 1. The first-order chi connectivity index (χ1) is 17.9. The SMILES string of the molecule is C=CC(=O)/C(O)=C/C(=O)N(CN[C@H]1c2ccccc2CSc2ccccc21)C1CC(C(=O)NC2CC2)C1. The van der Waals surface area contributed by atoms with E-state index in [1.807, 2.05) is 24.3 Å². The number of allylic oxidation sites excluding steroid dienone is 1. The van der Waals surface area contributed by atoms with Crippen molar-refractivity contribution in [3.8, 4) is 0 Å². The van der Waals surface area contributed by atoms with Gasteiger partial charge in [0.15, 0.2) is 5.76 Å². The molecule has 7 nitrogen and oxygen atoms in total. The summed E-state index contributed by atoms with van der Waals surface area (Å²) in [6.45, 7) is 3.57. The molecule has 2 fully saturated rings. The van der Waals surface area contributed by atoms with Crippen LogP contribution in [0.3, 0.4) is 0 Å². The van der Waals surface area contributed by atoms with E-state index in [-0.39, 0.29) is 30.6 Å². The topological polar surface area (TPSA) is 98.7 Å². The molecule has 3 aliphatic rings. The minimum Gasteiger partial charge on any atom is -0.504 e. The molecule has 0 saturated heterocycles. The minimum absolute atomic E-state index is 0.0444. The Kier molecular flexibility index (Phi) is 7.48. The molecule has 2 amide bonds. The quantitative estimate of drug-likeness (QED) is 0.264. The summed E-state index contributed by atoms with van der Waals surface area (Å²) in [5.41, 5.74) is 3.52. The van der Waals surface area contributed by atoms with E-state index in [1.165, 1.54) is 10.5 Å². The summed E-state index contributed by atoms with van der Waals surface area (Å²) in [6, 6.07) is 16.5. The first kappa shape index (κ1) is 25.3. The van der Waals surface area contributed by atoms with Crippen molar-refractivity contribution >= 4 is 29.4 Å². The molecular weight excluding hydrogens is 486 g/mol. The summed E-state index contributed by atoms with van der Waals surface area (Å²) in [5, 5.41) is 16.7. The second kappa shape index (κ2) is 10.9. The smallest absolute Gasteiger partial charge is 0.251 e. The Labute approximate surface area is 221 Å². The maximum Gasteiger partial charge on any atom is 0.251 e. The Morgan fingerprint density at radius 3 is 2.49 bits per heavy atom. The van der Waals surface area contributed by atoms with Gasteiger partial charge in [0.05, 0.1) is 12.7 Å². The van der Waals surface area contributed by atoms with E-state index < -0.39 is 17.4 Å². The monoisotopic (exact) mass is 517 g/mol. The maximum absolute atomic E-state index is 13.3. The van der Waals surface area contributed by atoms with Crippen molar-refractivity contribution in [3.63, 3.8) is 0 Å². The van der Waals surface area contributed by atoms with Crippen LogP contribution < -0.4 is 10.6 Å². The molecule has 2 aliphatic carbocycles. The maximum atomic E-state index is 13.3. The Morgan fingerprint density at radius 2 is 1.76 bits per heavy atom. The summed E-state index contributed by atoms with van der Waals surface area (Å²) in [4.78, 5) is 40.4. The number of aliphatic hydroxyl groups is 1. The highest BCUT2D eigenvalue weighted by Crippen LogP contribution is 2.39. The molecule has 0 radical (unpaired) electrons. The van der Waals surface area contributed by atoms with Gasteiger partial charge in [-0.1, -0.05) is 49.0 Å². The standard InChI is InChI=1S/C29H31N3O4S/c1-2-24(33)25(34)15-27(35)32(21-13-19(14-21)29(36)31-20-11-12-20)17-30-28-22-8-4-3-7-18(22)16-37-26-10-6-5-9-23(26)28/h2-10,15,19-21,28,30,34H,1,11-14,16-17H2,(H,31,36)/b25-15-/t19?,21?,28-/m0/s1. The number of amides is 2. The number of fused-ring (bicyclic) bond motifs is 2. The number of hydrogen-bond acceptors (Lipinski definition) is 6. The van der Waals surface area contributed by atoms with Gasteiger partial charge in [-0.25, -0.2) is 0 Å². The highest BCUT2D eigenvalue weighted by Gasteiger charge is 2.41. The van der Waals surface area contributed by atoms with Gasteiger partial charge in [-0.05, 0) is 54.5 Å². The first-order valence-corrected chi connectivity index (χ1v) is 13.6. The zero-order valence-electron chi connectivity index (χ0n) is 20.6. The third-order valence-corrected chi connectivity index (χ3v) is 8.41. The molecule has 0 aromatic heterocycles. The number of nitrogens with one attached hydrogen (secondary N) is 2. The van der Waals surface area contributed by atoms with Crippen LogP contribution in [0.5, 0.6) is 0 Å². The van der Waals surface area contributed by atoms with Crippen molar-refractivity contribution in [1.29, 1.82) is 0 Å². The Hall–Kier alpha value is -3.36. The van der Waals surface area contributed by atoms with Gasteiger partial charge in [-0.2, -0.15) is 0 Å². The van der Waals surface area contributed by atoms with Gasteiger partial charge < -0.3 is 15.3 Å². The Bertz CT molecular complexity index is 1200. The van der Waals surface area contributed by atoms with Crippen molar-refractivity contribution in [3.05, 3.63) is 89.7 Å². The van der Waals surface area contributed by atoms with Crippen LogP contribution in [0.4, 0.5) is 0 Å². The zero-order chi connectivity index (χ0) is 25.9. The average Bonchev–Trinajstić information content (AvgIpc) is 3.71. The number of carbonyl (C=O) groups excluding carboxylic acids is 3. The van der Waals surface area contributed by atoms with E-state index in [2.05, 4.69) is 41.5 Å². The lowest BCUT2D eigenvalue weighted by Gasteiger charge is -2.42. The van der Waals surface area contributed by atoms with Crippen molar-refractivity contribution < 1.29 is 19.5 Å². The first-order valence-electron chi connectivity index (χ1n) is 12.7. The van der Waals surface area contributed by atoms with Crippen molar-refractivity contribution in [2.24, 2.45) is 5.92 Å². The lowest BCUT2D eigenvalue weighted by Crippen LogP contribution is -2.54. The molecule has 0 bridgehead atoms. The van der Waals surface area contributed by atoms with Crippen molar-refractivity contribution in [2.75, 3.05) is 6.67 Å². The number of rotatable bonds is 9. The van der Waals surface area contributed by atoms with Gasteiger partial charge in [0.25, 0.3) is 5.91 Å². The van der Waals surface area contributed by atoms with Crippen LogP contribution >= 0.6 is 11.8 Å². The fourth-order valence-electron chi connectivity index (χ4n) is 4.90. The van der Waals surface area contributed by atoms with E-state index in [1.54, 1.807) is 16.7 Å².